The number of hydrogen-bond acceptors (Lipinski definition) is 4. The lowest BCUT2D eigenvalue weighted by Gasteiger charge is -2.29. The molecular formula is C17H30ClN3O2S. The third-order valence-electron chi connectivity index (χ3n) is 3.61. The van der Waals surface area contributed by atoms with Gasteiger partial charge in [0.15, 0.2) is 0 Å². The van der Waals surface area contributed by atoms with Gasteiger partial charge < -0.3 is 5.73 Å². The van der Waals surface area contributed by atoms with E-state index in [1.807, 2.05) is 49.3 Å². The van der Waals surface area contributed by atoms with Gasteiger partial charge in [-0.05, 0) is 51.3 Å². The second-order valence-electron chi connectivity index (χ2n) is 6.71. The smallest absolute Gasteiger partial charge is 0.139 e. The SMILES string of the molecule is CC(C)(C)OCl.CN=S(=O)(c1ccc(CN)cc1)N1CCCCC1. The maximum Gasteiger partial charge on any atom is 0.139 e. The summed E-state index contributed by atoms with van der Waals surface area (Å²) in [5, 5.41) is 0. The summed E-state index contributed by atoms with van der Waals surface area (Å²) in [6.45, 7) is 7.91. The highest BCUT2D eigenvalue weighted by molar-refractivity contribution is 7.91. The number of nitrogens with two attached hydrogens (primary N) is 1. The van der Waals surface area contributed by atoms with Gasteiger partial charge in [0.1, 0.15) is 9.92 Å². The van der Waals surface area contributed by atoms with Crippen molar-refractivity contribution in [3.8, 4) is 0 Å². The van der Waals surface area contributed by atoms with E-state index in [1.165, 1.54) is 6.42 Å². The van der Waals surface area contributed by atoms with Crippen LogP contribution in [0.25, 0.3) is 0 Å². The second kappa shape index (κ2) is 9.73. The average molecular weight is 376 g/mol. The Bertz CT molecular complexity index is 599. The standard InChI is InChI=1S/C13H21N3OS.C4H9ClO/c1-15-18(17,16-9-3-2-4-10-16)13-7-5-12(11-14)6-8-13;1-4(2,3)6-5/h5-8H,2-4,9-11,14H2,1H3;1-3H3. The fourth-order valence-electron chi connectivity index (χ4n) is 2.29. The molecule has 138 valence electrons. The molecule has 7 heteroatoms. The molecule has 2 N–H and O–H groups in total. The van der Waals surface area contributed by atoms with E-state index in [1.54, 1.807) is 7.05 Å². The average Bonchev–Trinajstić information content (AvgIpc) is 2.62. The first kappa shape index (κ1) is 21.4. The third-order valence-corrected chi connectivity index (χ3v) is 6.52. The van der Waals surface area contributed by atoms with Crippen LogP contribution in [0.15, 0.2) is 33.5 Å². The highest BCUT2D eigenvalue weighted by Crippen LogP contribution is 2.22. The van der Waals surface area contributed by atoms with E-state index in [2.05, 4.69) is 8.65 Å². The van der Waals surface area contributed by atoms with Crippen LogP contribution in [-0.4, -0.2) is 34.3 Å². The zero-order valence-electron chi connectivity index (χ0n) is 15.1. The van der Waals surface area contributed by atoms with Crippen molar-refractivity contribution in [1.29, 1.82) is 0 Å². The lowest BCUT2D eigenvalue weighted by Crippen LogP contribution is -2.35. The molecule has 1 fully saturated rings. The molecule has 2 rings (SSSR count). The predicted molar refractivity (Wildman–Crippen MR) is 101 cm³/mol. The van der Waals surface area contributed by atoms with Crippen LogP contribution in [0, 0.1) is 0 Å². The Morgan fingerprint density at radius 3 is 2.08 bits per heavy atom. The molecule has 1 heterocycles. The number of nitrogens with zero attached hydrogens (tertiary/aromatic N) is 2. The van der Waals surface area contributed by atoms with Crippen molar-refractivity contribution < 1.29 is 8.50 Å². The molecular weight excluding hydrogens is 346 g/mol. The van der Waals surface area contributed by atoms with Crippen molar-refractivity contribution in [3.05, 3.63) is 29.8 Å². The van der Waals surface area contributed by atoms with Crippen LogP contribution < -0.4 is 5.73 Å². The zero-order valence-corrected chi connectivity index (χ0v) is 16.7. The van der Waals surface area contributed by atoms with E-state index < -0.39 is 9.92 Å². The number of benzene rings is 1. The zero-order chi connectivity index (χ0) is 18.2. The Balaban J connectivity index is 0.000000413. The van der Waals surface area contributed by atoms with Crippen LogP contribution in [0.4, 0.5) is 0 Å². The van der Waals surface area contributed by atoms with Crippen molar-refractivity contribution in [1.82, 2.24) is 4.31 Å². The largest absolute Gasteiger partial charge is 0.326 e. The van der Waals surface area contributed by atoms with Gasteiger partial charge in [-0.3, -0.25) is 4.29 Å². The molecule has 0 bridgehead atoms. The van der Waals surface area contributed by atoms with Gasteiger partial charge in [-0.1, -0.05) is 18.6 Å². The van der Waals surface area contributed by atoms with E-state index in [0.717, 1.165) is 36.4 Å². The molecule has 0 radical (unpaired) electrons. The van der Waals surface area contributed by atoms with Crippen molar-refractivity contribution in [2.45, 2.75) is 57.1 Å². The fraction of sp³-hybridized carbons (Fsp3) is 0.647. The van der Waals surface area contributed by atoms with Gasteiger partial charge in [0.2, 0.25) is 0 Å². The van der Waals surface area contributed by atoms with Crippen LogP contribution >= 0.6 is 11.9 Å². The Labute approximate surface area is 152 Å². The molecule has 1 aromatic rings. The highest BCUT2D eigenvalue weighted by atomic mass is 35.5. The van der Waals surface area contributed by atoms with Gasteiger partial charge in [0.05, 0.1) is 22.4 Å². The summed E-state index contributed by atoms with van der Waals surface area (Å²) in [6.07, 6.45) is 3.43. The van der Waals surface area contributed by atoms with Gasteiger partial charge in [-0.15, -0.1) is 0 Å². The second-order valence-corrected chi connectivity index (χ2v) is 9.21. The van der Waals surface area contributed by atoms with E-state index in [0.29, 0.717) is 6.54 Å². The summed E-state index contributed by atoms with van der Waals surface area (Å²) < 4.78 is 23.7. The van der Waals surface area contributed by atoms with Gasteiger partial charge in [-0.2, -0.15) is 0 Å². The lowest BCUT2D eigenvalue weighted by atomic mass is 10.2. The molecule has 1 saturated heterocycles. The van der Waals surface area contributed by atoms with E-state index in [4.69, 9.17) is 17.6 Å². The molecule has 0 saturated carbocycles. The van der Waals surface area contributed by atoms with Gasteiger partial charge >= 0.3 is 0 Å². The number of halogens is 1. The summed E-state index contributed by atoms with van der Waals surface area (Å²) in [4.78, 5) is 0.795. The maximum absolute atomic E-state index is 13.0. The topological polar surface area (TPSA) is 67.9 Å². The summed E-state index contributed by atoms with van der Waals surface area (Å²) in [6, 6.07) is 7.66. The van der Waals surface area contributed by atoms with Gasteiger partial charge in [0.25, 0.3) is 0 Å². The normalized spacial score (nSPS) is 18.2. The molecule has 5 nitrogen and oxygen atoms in total. The van der Waals surface area contributed by atoms with Crippen LogP contribution in [0.2, 0.25) is 0 Å². The minimum Gasteiger partial charge on any atom is -0.326 e. The van der Waals surface area contributed by atoms with Crippen LogP contribution in [0.1, 0.15) is 45.6 Å². The number of hydrogen-bond donors (Lipinski definition) is 1. The Kier molecular flexibility index (Phi) is 8.67. The Hall–Kier alpha value is -0.660. The van der Waals surface area contributed by atoms with E-state index >= 15 is 0 Å². The molecule has 1 aromatic carbocycles. The quantitative estimate of drug-likeness (QED) is 0.869. The highest BCUT2D eigenvalue weighted by Gasteiger charge is 2.23. The first-order valence-corrected chi connectivity index (χ1v) is 10.0. The van der Waals surface area contributed by atoms with Gasteiger partial charge in [-0.25, -0.2) is 12.9 Å². The first-order chi connectivity index (χ1) is 11.3. The fourth-order valence-corrected chi connectivity index (χ4v) is 4.27. The van der Waals surface area contributed by atoms with E-state index in [9.17, 15) is 4.21 Å². The Morgan fingerprint density at radius 1 is 1.21 bits per heavy atom. The molecule has 24 heavy (non-hydrogen) atoms. The predicted octanol–water partition coefficient (Wildman–Crippen LogP) is 3.96. The summed E-state index contributed by atoms with van der Waals surface area (Å²) in [5.74, 6) is 0. The Morgan fingerprint density at radius 2 is 1.71 bits per heavy atom. The molecule has 1 aliphatic heterocycles. The minimum atomic E-state index is -2.41. The maximum atomic E-state index is 13.0. The van der Waals surface area contributed by atoms with Crippen LogP contribution in [0.3, 0.4) is 0 Å². The molecule has 0 aliphatic carbocycles. The van der Waals surface area contributed by atoms with Crippen molar-refractivity contribution in [3.63, 3.8) is 0 Å². The number of rotatable bonds is 3. The van der Waals surface area contributed by atoms with Crippen molar-refractivity contribution in [2.24, 2.45) is 10.1 Å². The van der Waals surface area contributed by atoms with E-state index in [-0.39, 0.29) is 5.60 Å². The molecule has 0 amide bonds. The van der Waals surface area contributed by atoms with Crippen molar-refractivity contribution >= 4 is 21.8 Å². The first-order valence-electron chi connectivity index (χ1n) is 8.26. The molecule has 1 unspecified atom stereocenters. The van der Waals surface area contributed by atoms with Crippen molar-refractivity contribution in [2.75, 3.05) is 20.1 Å². The third kappa shape index (κ3) is 6.33. The van der Waals surface area contributed by atoms with Gasteiger partial charge in [0, 0.05) is 26.7 Å². The lowest BCUT2D eigenvalue weighted by molar-refractivity contribution is 0.148. The number of piperidine rings is 1. The molecule has 1 aliphatic rings. The van der Waals surface area contributed by atoms with Crippen LogP contribution in [-0.2, 0) is 20.7 Å². The molecule has 1 atom stereocenters. The van der Waals surface area contributed by atoms with Crippen LogP contribution in [0.5, 0.6) is 0 Å². The monoisotopic (exact) mass is 375 g/mol. The summed E-state index contributed by atoms with van der Waals surface area (Å²) in [5.41, 5.74) is 6.44. The summed E-state index contributed by atoms with van der Waals surface area (Å²) >= 11 is 4.98. The molecule has 0 spiro atoms. The minimum absolute atomic E-state index is 0.193. The summed E-state index contributed by atoms with van der Waals surface area (Å²) in [7, 11) is -0.768. The molecule has 0 aromatic heterocycles.